The van der Waals surface area contributed by atoms with E-state index >= 15 is 0 Å². The monoisotopic (exact) mass is 361 g/mol. The molecule has 0 fully saturated rings. The summed E-state index contributed by atoms with van der Waals surface area (Å²) in [7, 11) is 0. The average Bonchev–Trinajstić information content (AvgIpc) is 2.87. The van der Waals surface area contributed by atoms with Crippen molar-refractivity contribution in [3.05, 3.63) is 46.1 Å². The van der Waals surface area contributed by atoms with Crippen molar-refractivity contribution in [1.82, 2.24) is 15.0 Å². The standard InChI is InChI=1S/C15H12ClN5O2S/c16-13-8-3-1-2-4-9(8)24-10(13)5-6-12(22)23-7-11-19-14(17)21-15(18)20-11/h1-6H,7H2,(H4,17,18,19,20,21)/b6-5+. The number of hydrogen-bond donors (Lipinski definition) is 2. The van der Waals surface area contributed by atoms with Crippen molar-refractivity contribution in [2.45, 2.75) is 6.61 Å². The Morgan fingerprint density at radius 1 is 1.21 bits per heavy atom. The predicted octanol–water partition coefficient (Wildman–Crippen LogP) is 2.66. The van der Waals surface area contributed by atoms with Crippen LogP contribution in [0.4, 0.5) is 11.9 Å². The number of nitrogens with zero attached hydrogens (tertiary/aromatic N) is 3. The molecule has 2 heterocycles. The summed E-state index contributed by atoms with van der Waals surface area (Å²) in [4.78, 5) is 23.9. The molecule has 0 unspecified atom stereocenters. The van der Waals surface area contributed by atoms with E-state index in [1.54, 1.807) is 6.08 Å². The van der Waals surface area contributed by atoms with Crippen LogP contribution < -0.4 is 11.5 Å². The van der Waals surface area contributed by atoms with Crippen LogP contribution in [0.15, 0.2) is 30.3 Å². The summed E-state index contributed by atoms with van der Waals surface area (Å²) < 4.78 is 6.09. The lowest BCUT2D eigenvalue weighted by Crippen LogP contribution is -2.09. The van der Waals surface area contributed by atoms with Gasteiger partial charge in [-0.2, -0.15) is 15.0 Å². The Morgan fingerprint density at radius 2 is 1.92 bits per heavy atom. The Morgan fingerprint density at radius 3 is 2.62 bits per heavy atom. The van der Waals surface area contributed by atoms with E-state index in [2.05, 4.69) is 15.0 Å². The van der Waals surface area contributed by atoms with Crippen LogP contribution in [0.1, 0.15) is 10.7 Å². The van der Waals surface area contributed by atoms with Crippen LogP contribution in [0.3, 0.4) is 0 Å². The maximum absolute atomic E-state index is 11.8. The second-order valence-corrected chi connectivity index (χ2v) is 6.15. The Hall–Kier alpha value is -2.71. The zero-order chi connectivity index (χ0) is 17.1. The maximum Gasteiger partial charge on any atom is 0.331 e. The number of fused-ring (bicyclic) bond motifs is 1. The summed E-state index contributed by atoms with van der Waals surface area (Å²) in [6.07, 6.45) is 2.91. The molecule has 0 saturated heterocycles. The van der Waals surface area contributed by atoms with Crippen molar-refractivity contribution in [1.29, 1.82) is 0 Å². The number of rotatable bonds is 4. The molecule has 122 valence electrons. The van der Waals surface area contributed by atoms with Crippen molar-refractivity contribution in [2.24, 2.45) is 0 Å². The van der Waals surface area contributed by atoms with Gasteiger partial charge in [-0.05, 0) is 12.1 Å². The highest BCUT2D eigenvalue weighted by Crippen LogP contribution is 2.35. The summed E-state index contributed by atoms with van der Waals surface area (Å²) >= 11 is 7.79. The van der Waals surface area contributed by atoms with Gasteiger partial charge in [0.05, 0.1) is 5.02 Å². The third kappa shape index (κ3) is 3.61. The molecule has 0 saturated carbocycles. The fraction of sp³-hybridized carbons (Fsp3) is 0.0667. The van der Waals surface area contributed by atoms with Gasteiger partial charge in [0.25, 0.3) is 0 Å². The topological polar surface area (TPSA) is 117 Å². The van der Waals surface area contributed by atoms with Crippen molar-refractivity contribution in [2.75, 3.05) is 11.5 Å². The zero-order valence-electron chi connectivity index (χ0n) is 12.3. The molecule has 2 aromatic heterocycles. The van der Waals surface area contributed by atoms with Crippen LogP contribution in [-0.2, 0) is 16.1 Å². The quantitative estimate of drug-likeness (QED) is 0.541. The van der Waals surface area contributed by atoms with E-state index in [-0.39, 0.29) is 24.3 Å². The molecular weight excluding hydrogens is 350 g/mol. The molecule has 0 radical (unpaired) electrons. The van der Waals surface area contributed by atoms with Gasteiger partial charge in [0.2, 0.25) is 11.9 Å². The van der Waals surface area contributed by atoms with Gasteiger partial charge >= 0.3 is 5.97 Å². The number of nitrogen functional groups attached to an aromatic ring is 2. The van der Waals surface area contributed by atoms with Gasteiger partial charge in [-0.3, -0.25) is 0 Å². The minimum absolute atomic E-state index is 0.0267. The molecule has 3 aromatic rings. The fourth-order valence-electron chi connectivity index (χ4n) is 1.99. The number of carbonyl (C=O) groups is 1. The number of anilines is 2. The molecule has 0 aliphatic carbocycles. The van der Waals surface area contributed by atoms with Crippen molar-refractivity contribution >= 4 is 57.0 Å². The van der Waals surface area contributed by atoms with Crippen LogP contribution in [0.2, 0.25) is 5.02 Å². The highest BCUT2D eigenvalue weighted by Gasteiger charge is 2.09. The van der Waals surface area contributed by atoms with E-state index in [0.29, 0.717) is 5.02 Å². The molecule has 0 amide bonds. The van der Waals surface area contributed by atoms with Crippen LogP contribution in [-0.4, -0.2) is 20.9 Å². The van der Waals surface area contributed by atoms with Crippen LogP contribution in [0, 0.1) is 0 Å². The molecule has 0 aliphatic heterocycles. The number of ether oxygens (including phenoxy) is 1. The maximum atomic E-state index is 11.8. The number of benzene rings is 1. The Labute approximate surface area is 145 Å². The van der Waals surface area contributed by atoms with Gasteiger partial charge in [0.1, 0.15) is 0 Å². The number of carbonyl (C=O) groups excluding carboxylic acids is 1. The van der Waals surface area contributed by atoms with E-state index in [9.17, 15) is 4.79 Å². The van der Waals surface area contributed by atoms with Crippen LogP contribution >= 0.6 is 22.9 Å². The minimum atomic E-state index is -0.555. The normalized spacial score (nSPS) is 11.2. The number of thiophene rings is 1. The summed E-state index contributed by atoms with van der Waals surface area (Å²) in [6, 6.07) is 7.74. The highest BCUT2D eigenvalue weighted by molar-refractivity contribution is 7.20. The van der Waals surface area contributed by atoms with E-state index in [4.69, 9.17) is 27.8 Å². The molecule has 3 rings (SSSR count). The van der Waals surface area contributed by atoms with E-state index < -0.39 is 5.97 Å². The molecule has 1 aromatic carbocycles. The SMILES string of the molecule is Nc1nc(N)nc(COC(=O)/C=C/c2sc3ccccc3c2Cl)n1. The Bertz CT molecular complexity index is 921. The van der Waals surface area contributed by atoms with Crippen LogP contribution in [0.5, 0.6) is 0 Å². The predicted molar refractivity (Wildman–Crippen MR) is 94.3 cm³/mol. The lowest BCUT2D eigenvalue weighted by molar-refractivity contribution is -0.139. The smallest absolute Gasteiger partial charge is 0.331 e. The molecule has 7 nitrogen and oxygen atoms in total. The summed E-state index contributed by atoms with van der Waals surface area (Å²) in [5, 5.41) is 1.56. The van der Waals surface area contributed by atoms with Crippen molar-refractivity contribution in [3.8, 4) is 0 Å². The first-order valence-electron chi connectivity index (χ1n) is 6.80. The summed E-state index contributed by atoms with van der Waals surface area (Å²) in [6.45, 7) is -0.153. The minimum Gasteiger partial charge on any atom is -0.454 e. The van der Waals surface area contributed by atoms with E-state index in [1.165, 1.54) is 17.4 Å². The Kier molecular flexibility index (Phi) is 4.59. The number of esters is 1. The van der Waals surface area contributed by atoms with Crippen molar-refractivity contribution in [3.63, 3.8) is 0 Å². The highest BCUT2D eigenvalue weighted by atomic mass is 35.5. The van der Waals surface area contributed by atoms with E-state index in [0.717, 1.165) is 15.0 Å². The van der Waals surface area contributed by atoms with Gasteiger partial charge in [-0.1, -0.05) is 29.8 Å². The van der Waals surface area contributed by atoms with Gasteiger partial charge in [0, 0.05) is 21.0 Å². The largest absolute Gasteiger partial charge is 0.454 e. The third-order valence-corrected chi connectivity index (χ3v) is 4.65. The second-order valence-electron chi connectivity index (χ2n) is 4.69. The first kappa shape index (κ1) is 16.2. The average molecular weight is 362 g/mol. The summed E-state index contributed by atoms with van der Waals surface area (Å²) in [5.41, 5.74) is 10.9. The first-order chi connectivity index (χ1) is 11.5. The number of nitrogens with two attached hydrogens (primary N) is 2. The second kappa shape index (κ2) is 6.81. The molecule has 0 aliphatic rings. The first-order valence-corrected chi connectivity index (χ1v) is 8.00. The lowest BCUT2D eigenvalue weighted by Gasteiger charge is -2.02. The van der Waals surface area contributed by atoms with E-state index in [1.807, 2.05) is 24.3 Å². The fourth-order valence-corrected chi connectivity index (χ4v) is 3.39. The van der Waals surface area contributed by atoms with Gasteiger partial charge in [-0.15, -0.1) is 11.3 Å². The molecule has 24 heavy (non-hydrogen) atoms. The van der Waals surface area contributed by atoms with Crippen molar-refractivity contribution < 1.29 is 9.53 Å². The van der Waals surface area contributed by atoms with Crippen LogP contribution in [0.25, 0.3) is 16.2 Å². The molecular formula is C15H12ClN5O2S. The zero-order valence-corrected chi connectivity index (χ0v) is 13.8. The summed E-state index contributed by atoms with van der Waals surface area (Å²) in [5.74, 6) is -0.426. The number of aromatic nitrogens is 3. The molecule has 0 spiro atoms. The van der Waals surface area contributed by atoms with Gasteiger partial charge in [-0.25, -0.2) is 4.79 Å². The molecule has 4 N–H and O–H groups in total. The molecule has 9 heteroatoms. The number of halogens is 1. The Balaban J connectivity index is 1.67. The number of hydrogen-bond acceptors (Lipinski definition) is 8. The molecule has 0 atom stereocenters. The van der Waals surface area contributed by atoms with Gasteiger partial charge in [0.15, 0.2) is 12.4 Å². The third-order valence-electron chi connectivity index (χ3n) is 2.99. The van der Waals surface area contributed by atoms with Gasteiger partial charge < -0.3 is 16.2 Å². The molecule has 0 bridgehead atoms. The lowest BCUT2D eigenvalue weighted by atomic mass is 10.2.